The summed E-state index contributed by atoms with van der Waals surface area (Å²) >= 11 is -4.18. The molecule has 1 aliphatic rings. The highest BCUT2D eigenvalue weighted by atomic mass is 32.2. The fourth-order valence-corrected chi connectivity index (χ4v) is 13.6. The monoisotopic (exact) mass is 1330 g/mol. The molecule has 8 aromatic carbocycles. The summed E-state index contributed by atoms with van der Waals surface area (Å²) in [5.41, 5.74) is 1.93. The lowest BCUT2D eigenvalue weighted by Gasteiger charge is -2.27. The van der Waals surface area contributed by atoms with Crippen LogP contribution in [0.15, 0.2) is 163 Å². The zero-order valence-electron chi connectivity index (χ0n) is 45.4. The van der Waals surface area contributed by atoms with E-state index in [0.717, 1.165) is 27.8 Å². The quantitative estimate of drug-likeness (QED) is 0.00937. The van der Waals surface area contributed by atoms with Crippen LogP contribution < -0.4 is 15.5 Å². The normalized spacial score (nSPS) is 14.2. The van der Waals surface area contributed by atoms with E-state index in [2.05, 4.69) is 51.0 Å². The average molecular weight is 1340 g/mol. The zero-order valence-corrected chi connectivity index (χ0v) is 50.3. The first-order chi connectivity index (χ1) is 43.1. The van der Waals surface area contributed by atoms with E-state index in [4.69, 9.17) is 14.3 Å². The van der Waals surface area contributed by atoms with E-state index in [-0.39, 0.29) is 77.3 Å². The Balaban J connectivity index is 0.818. The number of nitrogens with zero attached hydrogens (tertiary/aromatic N) is 10. The van der Waals surface area contributed by atoms with Crippen LogP contribution in [0.25, 0.3) is 79.3 Å². The van der Waals surface area contributed by atoms with Gasteiger partial charge in [-0.3, -0.25) is 13.7 Å². The van der Waals surface area contributed by atoms with Crippen LogP contribution in [-0.2, 0) is 66.6 Å². The maximum absolute atomic E-state index is 13.0. The Kier molecular flexibility index (Phi) is 16.9. The highest BCUT2D eigenvalue weighted by Crippen LogP contribution is 2.35. The molecule has 0 saturated carbocycles. The fourth-order valence-electron chi connectivity index (χ4n) is 9.81. The molecule has 1 fully saturated rings. The van der Waals surface area contributed by atoms with Gasteiger partial charge in [0.25, 0.3) is 30.4 Å². The topological polar surface area (TPSA) is 413 Å². The smallest absolute Gasteiger partial charge is 0.295 e. The predicted octanol–water partition coefficient (Wildman–Crippen LogP) is 8.64. The summed E-state index contributed by atoms with van der Waals surface area (Å²) in [5, 5.41) is 38.9. The molecule has 11 aromatic rings. The minimum atomic E-state index is -5.01. The van der Waals surface area contributed by atoms with Gasteiger partial charge < -0.3 is 29.4 Å². The number of benzene rings is 8. The molecule has 0 spiro atoms. The highest BCUT2D eigenvalue weighted by Gasteiger charge is 2.24. The molecule has 29 nitrogen and oxygen atoms in total. The predicted molar refractivity (Wildman–Crippen MR) is 331 cm³/mol. The van der Waals surface area contributed by atoms with Crippen molar-refractivity contribution in [3.05, 3.63) is 156 Å². The molecule has 2 atom stereocenters. The first kappa shape index (κ1) is 61.4. The van der Waals surface area contributed by atoms with Crippen molar-refractivity contribution in [2.75, 3.05) is 41.8 Å². The number of anilines is 5. The molecular weight excluding hydrogens is 1290 g/mol. The second kappa shape index (κ2) is 24.8. The standard InChI is InChI=1S/C55H42N12O17S6/c68-83-84-85-45-25-35(17-13-31(45)9-10-33-15-19-37(27-49(33)89(76,77)78)66-61-43-29-46(86(69)70)39-5-1-3-7-41(39)51(43)63-66)56-53-58-54(60-55(59-53)65-21-23-82-24-22-65)57-36-18-14-32(48(26-36)88(73,74)75)11-12-34-16-20-38(28-50(34)90(79,80)81)67-62-44-30-47(87(71)72)40-6-2-4-8-42(40)52(44)64-67/h1-20,25-30,68H,21-24H2,(H,69,70)(H,71,72)(H,73,74,75)(H,76,77,78)(H,79,80,81)(H2,56,57,58,59,60)/b10-9+,12-11+. The number of hydrogen-bond donors (Lipinski definition) is 8. The zero-order chi connectivity index (χ0) is 63.2. The molecule has 35 heteroatoms. The highest BCUT2D eigenvalue weighted by molar-refractivity contribution is 7.94. The lowest BCUT2D eigenvalue weighted by Crippen LogP contribution is -2.37. The van der Waals surface area contributed by atoms with Crippen molar-refractivity contribution in [3.8, 4) is 11.4 Å². The van der Waals surface area contributed by atoms with Crippen molar-refractivity contribution in [1.82, 2.24) is 44.9 Å². The molecule has 4 heterocycles. The van der Waals surface area contributed by atoms with E-state index in [9.17, 15) is 56.4 Å². The fraction of sp³-hybridized carbons (Fsp3) is 0.0727. The summed E-state index contributed by atoms with van der Waals surface area (Å²) in [6.45, 7) is 1.41. The van der Waals surface area contributed by atoms with Gasteiger partial charge in [0.15, 0.2) is 22.2 Å². The van der Waals surface area contributed by atoms with E-state index >= 15 is 0 Å². The lowest BCUT2D eigenvalue weighted by molar-refractivity contribution is -0.432. The summed E-state index contributed by atoms with van der Waals surface area (Å²) in [6.07, 6.45) is 5.29. The second-order valence-electron chi connectivity index (χ2n) is 19.5. The Morgan fingerprint density at radius 3 is 1.40 bits per heavy atom. The molecule has 90 heavy (non-hydrogen) atoms. The Morgan fingerprint density at radius 2 is 0.944 bits per heavy atom. The molecule has 2 unspecified atom stereocenters. The molecule has 8 N–H and O–H groups in total. The van der Waals surface area contributed by atoms with Crippen LogP contribution in [0, 0.1) is 0 Å². The van der Waals surface area contributed by atoms with Gasteiger partial charge in [-0.05, 0) is 82.9 Å². The molecule has 460 valence electrons. The summed E-state index contributed by atoms with van der Waals surface area (Å²) in [5.74, 6) is 0.00641. The SMILES string of the molecule is O=S(O)c1cc2nn(-c3ccc(/C=C/c4ccc(Nc5nc(Nc6ccc(/C=C/c7ccc(-n8nc9cc(S(=O)O)c%10ccccc%10c9n8)cc7S(=O)(=O)O)c(S(=O)(=O)O)c6)nc(N6CCOCC6)n5)cc4SOOO)c(S(=O)(=O)O)c3)nc2c2ccccc12. The van der Waals surface area contributed by atoms with Crippen LogP contribution in [0.5, 0.6) is 0 Å². The largest absolute Gasteiger partial charge is 0.378 e. The lowest BCUT2D eigenvalue weighted by atomic mass is 10.1. The third kappa shape index (κ3) is 12.9. The number of morpholine rings is 1. The first-order valence-corrected chi connectivity index (χ1v) is 33.3. The Morgan fingerprint density at radius 1 is 0.522 bits per heavy atom. The Bertz CT molecular complexity index is 5200. The third-order valence-electron chi connectivity index (χ3n) is 13.9. The number of fused-ring (bicyclic) bond motifs is 6. The molecule has 0 bridgehead atoms. The van der Waals surface area contributed by atoms with Crippen molar-refractivity contribution in [2.24, 2.45) is 0 Å². The van der Waals surface area contributed by atoms with Gasteiger partial charge in [0, 0.05) is 50.9 Å². The van der Waals surface area contributed by atoms with Crippen molar-refractivity contribution < 1.29 is 75.8 Å². The van der Waals surface area contributed by atoms with Gasteiger partial charge in [0.2, 0.25) is 17.8 Å². The minimum absolute atomic E-state index is 0.0295. The molecule has 12 rings (SSSR count). The van der Waals surface area contributed by atoms with Crippen molar-refractivity contribution in [1.29, 1.82) is 0 Å². The summed E-state index contributed by atoms with van der Waals surface area (Å²) in [6, 6.07) is 32.7. The van der Waals surface area contributed by atoms with Crippen molar-refractivity contribution >= 4 is 162 Å². The maximum atomic E-state index is 13.0. The summed E-state index contributed by atoms with van der Waals surface area (Å²) < 4.78 is 164. The average Bonchev–Trinajstić information content (AvgIpc) is 1.61. The molecule has 0 aliphatic carbocycles. The number of ether oxygens (including phenoxy) is 1. The molecular formula is C55H42N12O17S6. The molecule has 1 aliphatic heterocycles. The van der Waals surface area contributed by atoms with E-state index in [0.29, 0.717) is 82.2 Å². The van der Waals surface area contributed by atoms with Crippen LogP contribution in [0.2, 0.25) is 0 Å². The minimum Gasteiger partial charge on any atom is -0.378 e. The van der Waals surface area contributed by atoms with E-state index in [1.165, 1.54) is 78.9 Å². The molecule has 0 amide bonds. The molecule has 1 saturated heterocycles. The summed E-state index contributed by atoms with van der Waals surface area (Å²) in [4.78, 5) is 16.4. The van der Waals surface area contributed by atoms with E-state index in [1.54, 1.807) is 60.7 Å². The van der Waals surface area contributed by atoms with E-state index < -0.39 is 67.2 Å². The van der Waals surface area contributed by atoms with Crippen LogP contribution in [-0.4, -0.2) is 133 Å². The van der Waals surface area contributed by atoms with Gasteiger partial charge in [-0.1, -0.05) is 102 Å². The Labute approximate surface area is 517 Å². The van der Waals surface area contributed by atoms with Crippen LogP contribution >= 0.6 is 12.0 Å². The van der Waals surface area contributed by atoms with Crippen molar-refractivity contribution in [3.63, 3.8) is 0 Å². The van der Waals surface area contributed by atoms with Crippen LogP contribution in [0.3, 0.4) is 0 Å². The maximum Gasteiger partial charge on any atom is 0.295 e. The first-order valence-electron chi connectivity index (χ1n) is 26.0. The second-order valence-corrected chi connectivity index (χ2v) is 26.2. The number of nitrogens with one attached hydrogen (secondary N) is 2. The number of hydrogen-bond acceptors (Lipinski definition) is 23. The van der Waals surface area contributed by atoms with Gasteiger partial charge in [0.05, 0.1) is 46.4 Å². The van der Waals surface area contributed by atoms with Gasteiger partial charge in [0.1, 0.15) is 36.8 Å². The van der Waals surface area contributed by atoms with Gasteiger partial charge in [-0.2, -0.15) is 49.8 Å². The van der Waals surface area contributed by atoms with Crippen LogP contribution in [0.1, 0.15) is 22.3 Å². The number of rotatable bonds is 19. The molecule has 0 radical (unpaired) electrons. The van der Waals surface area contributed by atoms with Gasteiger partial charge in [-0.15, -0.1) is 24.7 Å². The molecule has 3 aromatic heterocycles. The van der Waals surface area contributed by atoms with E-state index in [1.807, 2.05) is 4.90 Å². The van der Waals surface area contributed by atoms with Gasteiger partial charge >= 0.3 is 0 Å². The van der Waals surface area contributed by atoms with Gasteiger partial charge in [-0.25, -0.2) is 13.7 Å². The van der Waals surface area contributed by atoms with Crippen LogP contribution in [0.4, 0.5) is 29.2 Å². The summed E-state index contributed by atoms with van der Waals surface area (Å²) in [7, 11) is -14.9. The number of aromatic nitrogens is 9. The third-order valence-corrected chi connectivity index (χ3v) is 18.7. The Hall–Kier alpha value is -8.89. The van der Waals surface area contributed by atoms with Crippen molar-refractivity contribution in [2.45, 2.75) is 29.4 Å².